The molecule has 0 amide bonds. The molecule has 16 heavy (non-hydrogen) atoms. The highest BCUT2D eigenvalue weighted by Gasteiger charge is 2.08. The first kappa shape index (κ1) is 16.3. The molecule has 2 unspecified atom stereocenters. The number of rotatable bonds is 11. The van der Waals surface area contributed by atoms with Crippen molar-refractivity contribution in [2.45, 2.75) is 89.4 Å². The van der Waals surface area contributed by atoms with E-state index in [1.165, 1.54) is 57.8 Å². The van der Waals surface area contributed by atoms with E-state index in [4.69, 9.17) is 0 Å². The summed E-state index contributed by atoms with van der Waals surface area (Å²) < 4.78 is 0. The van der Waals surface area contributed by atoms with Crippen molar-refractivity contribution in [2.75, 3.05) is 0 Å². The Labute approximate surface area is 107 Å². The van der Waals surface area contributed by atoms with Crippen LogP contribution in [0.5, 0.6) is 0 Å². The number of thiol groups is 1. The second-order valence-electron chi connectivity index (χ2n) is 4.93. The number of unbranched alkanes of at least 4 members (excludes halogenated alkanes) is 8. The molecular weight excluding hydrogens is 216 g/mol. The Bertz CT molecular complexity index is 137. The lowest BCUT2D eigenvalue weighted by atomic mass is 10.0. The Morgan fingerprint density at radius 1 is 0.875 bits per heavy atom. The van der Waals surface area contributed by atoms with Gasteiger partial charge in [-0.25, -0.2) is 0 Å². The molecule has 1 N–H and O–H groups in total. The van der Waals surface area contributed by atoms with E-state index in [0.717, 1.165) is 6.42 Å². The molecular formula is C14H30OS. The highest BCUT2D eigenvalue weighted by molar-refractivity contribution is 7.81. The first-order valence-electron chi connectivity index (χ1n) is 7.04. The van der Waals surface area contributed by atoms with E-state index in [1.807, 2.05) is 6.92 Å². The summed E-state index contributed by atoms with van der Waals surface area (Å²) in [5, 5.41) is 9.44. The van der Waals surface area contributed by atoms with Crippen LogP contribution in [-0.2, 0) is 0 Å². The second-order valence-corrected chi connectivity index (χ2v) is 5.59. The van der Waals surface area contributed by atoms with Crippen molar-refractivity contribution < 1.29 is 5.11 Å². The van der Waals surface area contributed by atoms with Crippen LogP contribution in [-0.4, -0.2) is 16.5 Å². The number of hydrogen-bond donors (Lipinski definition) is 2. The van der Waals surface area contributed by atoms with Gasteiger partial charge >= 0.3 is 0 Å². The van der Waals surface area contributed by atoms with Crippen LogP contribution in [0.15, 0.2) is 0 Å². The minimum absolute atomic E-state index is 0.171. The van der Waals surface area contributed by atoms with E-state index in [2.05, 4.69) is 19.6 Å². The minimum atomic E-state index is -0.266. The average molecular weight is 246 g/mol. The van der Waals surface area contributed by atoms with Gasteiger partial charge in [0.05, 0.1) is 6.10 Å². The van der Waals surface area contributed by atoms with Crippen molar-refractivity contribution in [3.8, 4) is 0 Å². The predicted molar refractivity (Wildman–Crippen MR) is 76.3 cm³/mol. The lowest BCUT2D eigenvalue weighted by molar-refractivity contribution is 0.187. The third kappa shape index (κ3) is 10.8. The van der Waals surface area contributed by atoms with Gasteiger partial charge in [0.2, 0.25) is 0 Å². The van der Waals surface area contributed by atoms with Crippen LogP contribution < -0.4 is 0 Å². The Hall–Kier alpha value is 0.310. The maximum Gasteiger partial charge on any atom is 0.0628 e. The summed E-state index contributed by atoms with van der Waals surface area (Å²) in [6.45, 7) is 4.08. The van der Waals surface area contributed by atoms with Crippen LogP contribution in [0.1, 0.15) is 78.1 Å². The summed E-state index contributed by atoms with van der Waals surface area (Å²) >= 11 is 4.36. The van der Waals surface area contributed by atoms with Crippen LogP contribution in [0.4, 0.5) is 0 Å². The predicted octanol–water partition coefficient (Wildman–Crippen LogP) is 4.59. The Balaban J connectivity index is 3.04. The molecule has 0 heterocycles. The van der Waals surface area contributed by atoms with Crippen molar-refractivity contribution in [1.29, 1.82) is 0 Å². The highest BCUT2D eigenvalue weighted by Crippen LogP contribution is 2.14. The zero-order chi connectivity index (χ0) is 12.2. The van der Waals surface area contributed by atoms with Crippen LogP contribution >= 0.6 is 12.6 Å². The molecule has 98 valence electrons. The summed E-state index contributed by atoms with van der Waals surface area (Å²) in [7, 11) is 0. The molecule has 0 aliphatic heterocycles. The summed E-state index contributed by atoms with van der Waals surface area (Å²) in [5.74, 6) is 0. The van der Waals surface area contributed by atoms with E-state index in [-0.39, 0.29) is 11.4 Å². The average Bonchev–Trinajstić information content (AvgIpc) is 2.26. The van der Waals surface area contributed by atoms with Crippen LogP contribution in [0.3, 0.4) is 0 Å². The highest BCUT2D eigenvalue weighted by atomic mass is 32.1. The molecule has 2 atom stereocenters. The van der Waals surface area contributed by atoms with Crippen LogP contribution in [0, 0.1) is 0 Å². The van der Waals surface area contributed by atoms with Gasteiger partial charge in [-0.1, -0.05) is 64.7 Å². The van der Waals surface area contributed by atoms with Crippen molar-refractivity contribution in [3.05, 3.63) is 0 Å². The normalized spacial score (nSPS) is 15.0. The van der Waals surface area contributed by atoms with Crippen molar-refractivity contribution >= 4 is 12.6 Å². The lowest BCUT2D eigenvalue weighted by Gasteiger charge is -2.12. The molecule has 0 rings (SSSR count). The van der Waals surface area contributed by atoms with Gasteiger partial charge in [-0.3, -0.25) is 0 Å². The first-order chi connectivity index (χ1) is 7.68. The van der Waals surface area contributed by atoms with E-state index in [1.54, 1.807) is 0 Å². The molecule has 0 bridgehead atoms. The molecule has 0 radical (unpaired) electrons. The van der Waals surface area contributed by atoms with Crippen molar-refractivity contribution in [2.24, 2.45) is 0 Å². The topological polar surface area (TPSA) is 20.2 Å². The Morgan fingerprint density at radius 3 is 1.75 bits per heavy atom. The van der Waals surface area contributed by atoms with E-state index >= 15 is 0 Å². The van der Waals surface area contributed by atoms with Crippen LogP contribution in [0.25, 0.3) is 0 Å². The van der Waals surface area contributed by atoms with E-state index in [9.17, 15) is 5.11 Å². The van der Waals surface area contributed by atoms with Gasteiger partial charge in [-0.05, 0) is 13.3 Å². The largest absolute Gasteiger partial charge is 0.392 e. The summed E-state index contributed by atoms with van der Waals surface area (Å²) in [5.41, 5.74) is 0. The molecule has 2 heteroatoms. The Kier molecular flexibility index (Phi) is 12.0. The molecule has 0 fully saturated rings. The molecule has 0 aliphatic carbocycles. The first-order valence-corrected chi connectivity index (χ1v) is 7.56. The minimum Gasteiger partial charge on any atom is -0.392 e. The van der Waals surface area contributed by atoms with Crippen molar-refractivity contribution in [1.82, 2.24) is 0 Å². The second kappa shape index (κ2) is 11.8. The fourth-order valence-electron chi connectivity index (χ4n) is 1.91. The Morgan fingerprint density at radius 2 is 1.31 bits per heavy atom. The standard InChI is InChI=1S/C14H30OS/c1-3-4-5-6-7-8-9-10-11-12-14(16)13(2)15/h13-16H,3-12H2,1-2H3. The molecule has 0 aromatic heterocycles. The molecule has 0 aromatic carbocycles. The van der Waals surface area contributed by atoms with Crippen LogP contribution in [0.2, 0.25) is 0 Å². The molecule has 1 nitrogen and oxygen atoms in total. The summed E-state index contributed by atoms with van der Waals surface area (Å²) in [6, 6.07) is 0. The SMILES string of the molecule is CCCCCCCCCCCC(S)C(C)O. The fraction of sp³-hybridized carbons (Fsp3) is 1.00. The molecule has 0 spiro atoms. The van der Waals surface area contributed by atoms with Gasteiger partial charge in [-0.15, -0.1) is 0 Å². The molecule has 0 aliphatic rings. The lowest BCUT2D eigenvalue weighted by Crippen LogP contribution is -2.16. The molecule has 0 saturated heterocycles. The van der Waals surface area contributed by atoms with E-state index in [0.29, 0.717) is 0 Å². The monoisotopic (exact) mass is 246 g/mol. The van der Waals surface area contributed by atoms with E-state index < -0.39 is 0 Å². The number of aliphatic hydroxyl groups is 1. The zero-order valence-electron chi connectivity index (χ0n) is 11.1. The summed E-state index contributed by atoms with van der Waals surface area (Å²) in [6.07, 6.45) is 13.0. The maximum atomic E-state index is 9.27. The summed E-state index contributed by atoms with van der Waals surface area (Å²) in [4.78, 5) is 0. The number of aliphatic hydroxyl groups excluding tert-OH is 1. The van der Waals surface area contributed by atoms with Gasteiger partial charge < -0.3 is 5.11 Å². The molecule has 0 aromatic rings. The smallest absolute Gasteiger partial charge is 0.0628 e. The third-order valence-electron chi connectivity index (χ3n) is 3.16. The molecule has 0 saturated carbocycles. The maximum absolute atomic E-state index is 9.27. The third-order valence-corrected chi connectivity index (χ3v) is 3.85. The quantitative estimate of drug-likeness (QED) is 0.404. The van der Waals surface area contributed by atoms with Crippen molar-refractivity contribution in [3.63, 3.8) is 0 Å². The van der Waals surface area contributed by atoms with Gasteiger partial charge in [0.25, 0.3) is 0 Å². The fourth-order valence-corrected chi connectivity index (χ4v) is 2.09. The van der Waals surface area contributed by atoms with Gasteiger partial charge in [0.1, 0.15) is 0 Å². The van der Waals surface area contributed by atoms with Gasteiger partial charge in [0.15, 0.2) is 0 Å². The van der Waals surface area contributed by atoms with Gasteiger partial charge in [0, 0.05) is 5.25 Å². The zero-order valence-corrected chi connectivity index (χ0v) is 12.0. The number of hydrogen-bond acceptors (Lipinski definition) is 2. The van der Waals surface area contributed by atoms with Gasteiger partial charge in [-0.2, -0.15) is 12.6 Å².